The molecule has 0 aliphatic carbocycles. The van der Waals surface area contributed by atoms with E-state index in [9.17, 15) is 9.59 Å². The van der Waals surface area contributed by atoms with Crippen molar-refractivity contribution in [3.05, 3.63) is 23.5 Å². The van der Waals surface area contributed by atoms with E-state index < -0.39 is 0 Å². The van der Waals surface area contributed by atoms with Gasteiger partial charge in [-0.15, -0.1) is 0 Å². The third kappa shape index (κ3) is 5.79. The SMILES string of the molecule is CC[Se]c1ccc(C(=O)N(C(C)C)C(C)C)nc1C(=O)N(C(C)C)C(C)C. The number of aromatic nitrogens is 1. The molecule has 0 aliphatic heterocycles. The predicted molar refractivity (Wildman–Crippen MR) is 113 cm³/mol. The number of hydrogen-bond donors (Lipinski definition) is 0. The Labute approximate surface area is 171 Å². The van der Waals surface area contributed by atoms with Gasteiger partial charge in [0.2, 0.25) is 0 Å². The summed E-state index contributed by atoms with van der Waals surface area (Å²) in [6, 6.07) is 3.99. The molecule has 0 fully saturated rings. The average Bonchev–Trinajstić information content (AvgIpc) is 2.53. The molecule has 0 aliphatic rings. The Morgan fingerprint density at radius 2 is 1.30 bits per heavy atom. The van der Waals surface area contributed by atoms with E-state index in [2.05, 4.69) is 11.9 Å². The van der Waals surface area contributed by atoms with E-state index in [1.807, 2.05) is 71.3 Å². The van der Waals surface area contributed by atoms with E-state index in [4.69, 9.17) is 0 Å². The van der Waals surface area contributed by atoms with Gasteiger partial charge in [-0.05, 0) is 0 Å². The summed E-state index contributed by atoms with van der Waals surface area (Å²) in [7, 11) is 0. The van der Waals surface area contributed by atoms with Crippen molar-refractivity contribution in [2.24, 2.45) is 0 Å². The first-order valence-electron chi connectivity index (χ1n) is 9.81. The summed E-state index contributed by atoms with van der Waals surface area (Å²) in [6.07, 6.45) is 0. The molecule has 0 aromatic carbocycles. The zero-order valence-corrected chi connectivity index (χ0v) is 20.0. The van der Waals surface area contributed by atoms with E-state index in [1.54, 1.807) is 6.07 Å². The molecule has 1 heterocycles. The number of carbonyl (C=O) groups is 2. The fourth-order valence-electron chi connectivity index (χ4n) is 3.38. The molecule has 0 saturated heterocycles. The van der Waals surface area contributed by atoms with Crippen LogP contribution in [0.1, 0.15) is 83.3 Å². The second kappa shape index (κ2) is 10.2. The molecular formula is C21H35N3O2Se. The van der Waals surface area contributed by atoms with Gasteiger partial charge < -0.3 is 0 Å². The Kier molecular flexibility index (Phi) is 8.96. The standard InChI is InChI=1S/C21H35N3O2Se/c1-10-27-18-12-11-17(20(25)23(13(2)3)14(4)5)22-19(18)21(26)24(15(6)7)16(8)9/h11-16H,10H2,1-9H3. The topological polar surface area (TPSA) is 53.5 Å². The van der Waals surface area contributed by atoms with Crippen LogP contribution in [0.5, 0.6) is 0 Å². The van der Waals surface area contributed by atoms with Crippen molar-refractivity contribution in [2.75, 3.05) is 0 Å². The summed E-state index contributed by atoms with van der Waals surface area (Å²) in [5.74, 6) is -0.203. The maximum absolute atomic E-state index is 13.3. The second-order valence-corrected chi connectivity index (χ2v) is 10.5. The summed E-state index contributed by atoms with van der Waals surface area (Å²) in [6.45, 7) is 18.1. The molecule has 6 heteroatoms. The molecule has 0 spiro atoms. The summed E-state index contributed by atoms with van der Waals surface area (Å²) < 4.78 is 0.971. The number of amides is 2. The zero-order chi connectivity index (χ0) is 20.9. The van der Waals surface area contributed by atoms with Crippen molar-refractivity contribution in [2.45, 2.75) is 91.8 Å². The molecule has 1 aromatic rings. The van der Waals surface area contributed by atoms with E-state index in [1.165, 1.54) is 0 Å². The molecule has 0 bridgehead atoms. The van der Waals surface area contributed by atoms with Crippen molar-refractivity contribution in [3.63, 3.8) is 0 Å². The van der Waals surface area contributed by atoms with Crippen LogP contribution in [0.3, 0.4) is 0 Å². The molecule has 0 N–H and O–H groups in total. The Bertz CT molecular complexity index is 641. The molecule has 1 rings (SSSR count). The van der Waals surface area contributed by atoms with Gasteiger partial charge in [-0.2, -0.15) is 0 Å². The number of pyridine rings is 1. The molecule has 2 amide bonds. The first kappa shape index (κ1) is 23.6. The molecule has 27 heavy (non-hydrogen) atoms. The van der Waals surface area contributed by atoms with E-state index >= 15 is 0 Å². The number of rotatable bonds is 8. The van der Waals surface area contributed by atoms with Crippen LogP contribution in [0.15, 0.2) is 12.1 Å². The predicted octanol–water partition coefficient (Wildman–Crippen LogP) is 3.37. The fourth-order valence-corrected chi connectivity index (χ4v) is 4.94. The molecular weight excluding hydrogens is 405 g/mol. The summed E-state index contributed by atoms with van der Waals surface area (Å²) >= 11 is 0.162. The molecule has 0 radical (unpaired) electrons. The van der Waals surface area contributed by atoms with Crippen LogP contribution < -0.4 is 4.46 Å². The van der Waals surface area contributed by atoms with Crippen molar-refractivity contribution in [3.8, 4) is 0 Å². The van der Waals surface area contributed by atoms with Gasteiger partial charge in [0, 0.05) is 0 Å². The first-order valence-corrected chi connectivity index (χ1v) is 11.9. The Morgan fingerprint density at radius 1 is 0.852 bits per heavy atom. The first-order chi connectivity index (χ1) is 12.5. The second-order valence-electron chi connectivity index (χ2n) is 7.78. The number of hydrogen-bond acceptors (Lipinski definition) is 3. The van der Waals surface area contributed by atoms with Crippen molar-refractivity contribution >= 4 is 31.2 Å². The Hall–Kier alpha value is -1.39. The molecule has 0 atom stereocenters. The number of nitrogens with zero attached hydrogens (tertiary/aromatic N) is 3. The van der Waals surface area contributed by atoms with Crippen LogP contribution in [0.4, 0.5) is 0 Å². The van der Waals surface area contributed by atoms with Gasteiger partial charge in [-0.1, -0.05) is 0 Å². The van der Waals surface area contributed by atoms with Crippen LogP contribution in [0.2, 0.25) is 5.32 Å². The van der Waals surface area contributed by atoms with Crippen LogP contribution >= 0.6 is 0 Å². The molecule has 1 aromatic heterocycles. The summed E-state index contributed by atoms with van der Waals surface area (Å²) in [5, 5.41) is 0.982. The van der Waals surface area contributed by atoms with Crippen molar-refractivity contribution in [1.29, 1.82) is 0 Å². The third-order valence-corrected chi connectivity index (χ3v) is 6.22. The van der Waals surface area contributed by atoms with Gasteiger partial charge in [-0.25, -0.2) is 0 Å². The van der Waals surface area contributed by atoms with Crippen LogP contribution in [-0.4, -0.2) is 65.7 Å². The van der Waals surface area contributed by atoms with Crippen LogP contribution in [-0.2, 0) is 0 Å². The van der Waals surface area contributed by atoms with E-state index in [0.29, 0.717) is 11.4 Å². The van der Waals surface area contributed by atoms with Crippen LogP contribution in [0, 0.1) is 0 Å². The van der Waals surface area contributed by atoms with Crippen molar-refractivity contribution < 1.29 is 9.59 Å². The minimum absolute atomic E-state index is 0.0702. The van der Waals surface area contributed by atoms with Gasteiger partial charge in [-0.3, -0.25) is 0 Å². The Balaban J connectivity index is 3.44. The Morgan fingerprint density at radius 3 is 1.70 bits per heavy atom. The van der Waals surface area contributed by atoms with E-state index in [0.717, 1.165) is 9.78 Å². The van der Waals surface area contributed by atoms with Gasteiger partial charge in [0.25, 0.3) is 0 Å². The fraction of sp³-hybridized carbons (Fsp3) is 0.667. The summed E-state index contributed by atoms with van der Waals surface area (Å²) in [5.41, 5.74) is 0.793. The third-order valence-electron chi connectivity index (χ3n) is 4.27. The minimum atomic E-state index is -0.120. The normalized spacial score (nSPS) is 11.6. The van der Waals surface area contributed by atoms with Crippen molar-refractivity contribution in [1.82, 2.24) is 14.8 Å². The molecule has 0 saturated carbocycles. The molecule has 152 valence electrons. The summed E-state index contributed by atoms with van der Waals surface area (Å²) in [4.78, 5) is 34.6. The number of carbonyl (C=O) groups excluding carboxylic acids is 2. The molecule has 0 unspecified atom stereocenters. The monoisotopic (exact) mass is 441 g/mol. The average molecular weight is 440 g/mol. The zero-order valence-electron chi connectivity index (χ0n) is 18.2. The van der Waals surface area contributed by atoms with Gasteiger partial charge >= 0.3 is 171 Å². The van der Waals surface area contributed by atoms with Gasteiger partial charge in [0.1, 0.15) is 0 Å². The van der Waals surface area contributed by atoms with Gasteiger partial charge in [0.05, 0.1) is 0 Å². The van der Waals surface area contributed by atoms with E-state index in [-0.39, 0.29) is 50.9 Å². The maximum atomic E-state index is 13.3. The molecule has 5 nitrogen and oxygen atoms in total. The van der Waals surface area contributed by atoms with Gasteiger partial charge in [0.15, 0.2) is 0 Å². The quantitative estimate of drug-likeness (QED) is 0.583. The van der Waals surface area contributed by atoms with Crippen LogP contribution in [0.25, 0.3) is 0 Å².